The van der Waals surface area contributed by atoms with E-state index in [2.05, 4.69) is 12.7 Å². The van der Waals surface area contributed by atoms with Crippen LogP contribution in [0.1, 0.15) is 43.6 Å². The van der Waals surface area contributed by atoms with Crippen LogP contribution in [0.15, 0.2) is 36.4 Å². The van der Waals surface area contributed by atoms with Crippen LogP contribution in [-0.4, -0.2) is 0 Å². The van der Waals surface area contributed by atoms with Gasteiger partial charge in [-0.2, -0.15) is 0 Å². The molecule has 1 aliphatic rings. The summed E-state index contributed by atoms with van der Waals surface area (Å²) in [5.41, 5.74) is 1.93. The quantitative estimate of drug-likeness (QED) is 0.515. The molecule has 0 heterocycles. The van der Waals surface area contributed by atoms with Gasteiger partial charge < -0.3 is 0 Å². The zero-order chi connectivity index (χ0) is 13.8. The number of rotatable bonds is 4. The summed E-state index contributed by atoms with van der Waals surface area (Å²) in [7, 11) is 0. The van der Waals surface area contributed by atoms with Gasteiger partial charge in [-0.05, 0) is 55.7 Å². The monoisotopic (exact) mass is 266 g/mol. The molecule has 1 unspecified atom stereocenters. The maximum atomic E-state index is 13.2. The molecular formula is C16H17F3. The van der Waals surface area contributed by atoms with Crippen LogP contribution in [0.2, 0.25) is 0 Å². The third-order valence-electron chi connectivity index (χ3n) is 3.65. The van der Waals surface area contributed by atoms with Gasteiger partial charge in [0, 0.05) is 0 Å². The summed E-state index contributed by atoms with van der Waals surface area (Å²) < 4.78 is 39.3. The van der Waals surface area contributed by atoms with Crippen molar-refractivity contribution in [1.82, 2.24) is 0 Å². The smallest absolute Gasteiger partial charge is 0.194 e. The Morgan fingerprint density at radius 3 is 2.42 bits per heavy atom. The van der Waals surface area contributed by atoms with E-state index in [9.17, 15) is 13.2 Å². The molecule has 1 aliphatic carbocycles. The Morgan fingerprint density at radius 2 is 1.89 bits per heavy atom. The minimum Gasteiger partial charge on any atom is -0.204 e. The van der Waals surface area contributed by atoms with Gasteiger partial charge in [-0.15, -0.1) is 6.58 Å². The lowest BCUT2D eigenvalue weighted by Gasteiger charge is -2.22. The average molecular weight is 266 g/mol. The molecule has 0 fully saturated rings. The van der Waals surface area contributed by atoms with E-state index in [4.69, 9.17) is 0 Å². The molecule has 0 aliphatic heterocycles. The Balaban J connectivity index is 2.09. The number of hydrogen-bond acceptors (Lipinski definition) is 0. The number of hydrogen-bond donors (Lipinski definition) is 0. The second-order valence-corrected chi connectivity index (χ2v) is 4.96. The maximum Gasteiger partial charge on any atom is 0.194 e. The lowest BCUT2D eigenvalue weighted by molar-refractivity contribution is 0.441. The molecule has 0 aromatic heterocycles. The molecule has 0 spiro atoms. The van der Waals surface area contributed by atoms with E-state index >= 15 is 0 Å². The Hall–Kier alpha value is -1.51. The van der Waals surface area contributed by atoms with Crippen LogP contribution in [0, 0.1) is 17.5 Å². The molecule has 0 amide bonds. The summed E-state index contributed by atoms with van der Waals surface area (Å²) in [5.74, 6) is -3.51. The number of allylic oxidation sites excluding steroid dienone is 3. The standard InChI is InChI=1S/C16H17F3/c1-2-3-4-11-5-7-12(8-6-11)13-9-14(17)16(19)15(18)10-13/h2,5,9-10,12H,1,3-4,6-8H2. The van der Waals surface area contributed by atoms with E-state index in [0.717, 1.165) is 44.2 Å². The summed E-state index contributed by atoms with van der Waals surface area (Å²) in [4.78, 5) is 0. The van der Waals surface area contributed by atoms with Gasteiger partial charge in [0.15, 0.2) is 17.5 Å². The minimum absolute atomic E-state index is 0.0806. The largest absolute Gasteiger partial charge is 0.204 e. The van der Waals surface area contributed by atoms with Gasteiger partial charge in [-0.1, -0.05) is 17.7 Å². The van der Waals surface area contributed by atoms with Crippen LogP contribution < -0.4 is 0 Å². The van der Waals surface area contributed by atoms with Crippen LogP contribution in [0.3, 0.4) is 0 Å². The van der Waals surface area contributed by atoms with Crippen molar-refractivity contribution < 1.29 is 13.2 Å². The first-order chi connectivity index (χ1) is 9.11. The van der Waals surface area contributed by atoms with Gasteiger partial charge in [0.05, 0.1) is 0 Å². The Morgan fingerprint density at radius 1 is 1.21 bits per heavy atom. The Kier molecular flexibility index (Phi) is 4.46. The van der Waals surface area contributed by atoms with Gasteiger partial charge in [0.2, 0.25) is 0 Å². The highest BCUT2D eigenvalue weighted by molar-refractivity contribution is 5.26. The fourth-order valence-corrected chi connectivity index (χ4v) is 2.52. The molecule has 3 heteroatoms. The van der Waals surface area contributed by atoms with Gasteiger partial charge >= 0.3 is 0 Å². The van der Waals surface area contributed by atoms with E-state index < -0.39 is 17.5 Å². The predicted octanol–water partition coefficient (Wildman–Crippen LogP) is 5.26. The van der Waals surface area contributed by atoms with E-state index in [0.29, 0.717) is 5.56 Å². The molecule has 0 saturated carbocycles. The molecule has 19 heavy (non-hydrogen) atoms. The molecule has 0 saturated heterocycles. The highest BCUT2D eigenvalue weighted by Crippen LogP contribution is 2.34. The fraction of sp³-hybridized carbons (Fsp3) is 0.375. The van der Waals surface area contributed by atoms with E-state index in [1.807, 2.05) is 6.08 Å². The van der Waals surface area contributed by atoms with Crippen molar-refractivity contribution in [2.24, 2.45) is 0 Å². The molecule has 2 rings (SSSR count). The second kappa shape index (κ2) is 6.09. The van der Waals surface area contributed by atoms with Gasteiger partial charge in [0.1, 0.15) is 0 Å². The lowest BCUT2D eigenvalue weighted by Crippen LogP contribution is -2.06. The van der Waals surface area contributed by atoms with Crippen molar-refractivity contribution in [2.75, 3.05) is 0 Å². The van der Waals surface area contributed by atoms with Crippen molar-refractivity contribution in [3.8, 4) is 0 Å². The molecule has 1 atom stereocenters. The first-order valence-corrected chi connectivity index (χ1v) is 6.55. The summed E-state index contributed by atoms with van der Waals surface area (Å²) >= 11 is 0. The van der Waals surface area contributed by atoms with Gasteiger partial charge in [0.25, 0.3) is 0 Å². The molecule has 1 aromatic carbocycles. The highest BCUT2D eigenvalue weighted by atomic mass is 19.2. The van der Waals surface area contributed by atoms with Gasteiger partial charge in [-0.3, -0.25) is 0 Å². The SMILES string of the molecule is C=CCCC1=CCC(c2cc(F)c(F)c(F)c2)CC1. The summed E-state index contributed by atoms with van der Waals surface area (Å²) in [6, 6.07) is 2.23. The molecule has 1 aromatic rings. The van der Waals surface area contributed by atoms with Crippen molar-refractivity contribution in [1.29, 1.82) is 0 Å². The zero-order valence-corrected chi connectivity index (χ0v) is 10.8. The third-order valence-corrected chi connectivity index (χ3v) is 3.65. The van der Waals surface area contributed by atoms with Crippen LogP contribution in [0.5, 0.6) is 0 Å². The second-order valence-electron chi connectivity index (χ2n) is 4.96. The minimum atomic E-state index is -1.39. The van der Waals surface area contributed by atoms with E-state index in [1.165, 1.54) is 5.57 Å². The summed E-state index contributed by atoms with van der Waals surface area (Å²) in [5, 5.41) is 0. The Bertz CT molecular complexity index is 480. The molecule has 0 bridgehead atoms. The maximum absolute atomic E-state index is 13.2. The lowest BCUT2D eigenvalue weighted by atomic mass is 9.83. The van der Waals surface area contributed by atoms with Crippen LogP contribution in [0.4, 0.5) is 13.2 Å². The normalized spacial score (nSPS) is 19.1. The van der Waals surface area contributed by atoms with Crippen LogP contribution in [0.25, 0.3) is 0 Å². The summed E-state index contributed by atoms with van der Waals surface area (Å²) in [6.07, 6.45) is 8.52. The topological polar surface area (TPSA) is 0 Å². The molecule has 0 N–H and O–H groups in total. The van der Waals surface area contributed by atoms with Crippen LogP contribution >= 0.6 is 0 Å². The molecule has 0 radical (unpaired) electrons. The van der Waals surface area contributed by atoms with Crippen molar-refractivity contribution in [3.05, 3.63) is 59.5 Å². The first kappa shape index (κ1) is 13.9. The van der Waals surface area contributed by atoms with E-state index in [1.54, 1.807) is 0 Å². The van der Waals surface area contributed by atoms with Crippen molar-refractivity contribution in [3.63, 3.8) is 0 Å². The highest BCUT2D eigenvalue weighted by Gasteiger charge is 2.19. The summed E-state index contributed by atoms with van der Waals surface area (Å²) in [6.45, 7) is 3.69. The third kappa shape index (κ3) is 3.28. The molecule has 0 nitrogen and oxygen atoms in total. The fourth-order valence-electron chi connectivity index (χ4n) is 2.52. The number of halogens is 3. The van der Waals surface area contributed by atoms with Gasteiger partial charge in [-0.25, -0.2) is 13.2 Å². The number of benzene rings is 1. The Labute approximate surface area is 111 Å². The van der Waals surface area contributed by atoms with E-state index in [-0.39, 0.29) is 5.92 Å². The van der Waals surface area contributed by atoms with Crippen molar-refractivity contribution in [2.45, 2.75) is 38.0 Å². The first-order valence-electron chi connectivity index (χ1n) is 6.55. The predicted molar refractivity (Wildman–Crippen MR) is 70.4 cm³/mol. The average Bonchev–Trinajstić information content (AvgIpc) is 2.42. The zero-order valence-electron chi connectivity index (χ0n) is 10.8. The molecule has 102 valence electrons. The molecular weight excluding hydrogens is 249 g/mol. The van der Waals surface area contributed by atoms with Crippen molar-refractivity contribution >= 4 is 0 Å². The van der Waals surface area contributed by atoms with Crippen LogP contribution in [-0.2, 0) is 0 Å².